The highest BCUT2D eigenvalue weighted by Crippen LogP contribution is 2.48. The number of aliphatic hydroxyl groups is 1. The van der Waals surface area contributed by atoms with Crippen LogP contribution in [0.3, 0.4) is 0 Å². The average Bonchev–Trinajstić information content (AvgIpc) is 2.33. The first-order valence-corrected chi connectivity index (χ1v) is 6.55. The predicted octanol–water partition coefficient (Wildman–Crippen LogP) is -0.597. The van der Waals surface area contributed by atoms with Gasteiger partial charge in [0, 0.05) is 6.42 Å². The summed E-state index contributed by atoms with van der Waals surface area (Å²) in [5, 5.41) is 9.34. The third-order valence-corrected chi connectivity index (χ3v) is 3.56. The van der Waals surface area contributed by atoms with E-state index in [1.807, 2.05) is 0 Å². The molecular formula is C8H15O7P. The van der Waals surface area contributed by atoms with E-state index in [0.717, 1.165) is 0 Å². The van der Waals surface area contributed by atoms with Crippen LogP contribution in [-0.4, -0.2) is 52.0 Å². The van der Waals surface area contributed by atoms with Crippen molar-refractivity contribution in [3.63, 3.8) is 0 Å². The van der Waals surface area contributed by atoms with Crippen LogP contribution in [0.4, 0.5) is 0 Å². The van der Waals surface area contributed by atoms with E-state index in [1.165, 1.54) is 0 Å². The lowest BCUT2D eigenvalue weighted by Gasteiger charge is -2.37. The molecule has 0 aromatic rings. The molecule has 0 aromatic heterocycles. The van der Waals surface area contributed by atoms with Crippen LogP contribution in [0.15, 0.2) is 0 Å². The maximum absolute atomic E-state index is 10.9. The van der Waals surface area contributed by atoms with Crippen molar-refractivity contribution in [2.24, 2.45) is 0 Å². The molecule has 0 spiro atoms. The second-order valence-corrected chi connectivity index (χ2v) is 5.34. The fourth-order valence-electron chi connectivity index (χ4n) is 2.35. The Morgan fingerprint density at radius 2 is 2.25 bits per heavy atom. The Bertz CT molecular complexity index is 316. The Balaban J connectivity index is 2.24. The number of fused-ring (bicyclic) bond motifs is 2. The van der Waals surface area contributed by atoms with Crippen molar-refractivity contribution < 1.29 is 33.5 Å². The van der Waals surface area contributed by atoms with Gasteiger partial charge in [-0.05, 0) is 6.92 Å². The summed E-state index contributed by atoms with van der Waals surface area (Å²) in [7, 11) is -4.62. The van der Waals surface area contributed by atoms with Crippen LogP contribution in [0.25, 0.3) is 0 Å². The molecule has 8 heteroatoms. The van der Waals surface area contributed by atoms with Crippen LogP contribution < -0.4 is 0 Å². The summed E-state index contributed by atoms with van der Waals surface area (Å²) in [6, 6.07) is 0. The largest absolute Gasteiger partial charge is 0.470 e. The molecule has 2 bridgehead atoms. The number of hydrogen-bond donors (Lipinski definition) is 3. The van der Waals surface area contributed by atoms with Crippen LogP contribution in [0.5, 0.6) is 0 Å². The molecule has 16 heavy (non-hydrogen) atoms. The van der Waals surface area contributed by atoms with E-state index in [2.05, 4.69) is 4.52 Å². The molecule has 7 nitrogen and oxygen atoms in total. The molecule has 2 aliphatic heterocycles. The Kier molecular flexibility index (Phi) is 3.13. The van der Waals surface area contributed by atoms with Crippen LogP contribution >= 0.6 is 7.82 Å². The van der Waals surface area contributed by atoms with Gasteiger partial charge in [0.05, 0.1) is 19.3 Å². The molecule has 4 atom stereocenters. The van der Waals surface area contributed by atoms with E-state index in [-0.39, 0.29) is 12.7 Å². The molecule has 2 rings (SSSR count). The van der Waals surface area contributed by atoms with Gasteiger partial charge in [-0.3, -0.25) is 4.52 Å². The zero-order valence-electron chi connectivity index (χ0n) is 8.78. The summed E-state index contributed by atoms with van der Waals surface area (Å²) >= 11 is 0. The summed E-state index contributed by atoms with van der Waals surface area (Å²) < 4.78 is 26.4. The smallest absolute Gasteiger partial charge is 0.393 e. The minimum absolute atomic E-state index is 0.345. The topological polar surface area (TPSA) is 105 Å². The molecule has 0 radical (unpaired) electrons. The Morgan fingerprint density at radius 3 is 2.81 bits per heavy atom. The van der Waals surface area contributed by atoms with Crippen molar-refractivity contribution in [2.45, 2.75) is 37.3 Å². The lowest BCUT2D eigenvalue weighted by atomic mass is 9.90. The number of phosphoric acid groups is 1. The molecule has 1 unspecified atom stereocenters. The minimum atomic E-state index is -4.62. The van der Waals surface area contributed by atoms with Crippen molar-refractivity contribution in [3.8, 4) is 0 Å². The van der Waals surface area contributed by atoms with Gasteiger partial charge in [-0.2, -0.15) is 0 Å². The van der Waals surface area contributed by atoms with Crippen LogP contribution in [0.2, 0.25) is 0 Å². The Labute approximate surface area is 92.6 Å². The second-order valence-electron chi connectivity index (χ2n) is 4.15. The molecule has 0 aromatic carbocycles. The molecule has 2 aliphatic rings. The van der Waals surface area contributed by atoms with Gasteiger partial charge in [0.15, 0.2) is 0 Å². The number of aliphatic hydroxyl groups excluding tert-OH is 1. The summed E-state index contributed by atoms with van der Waals surface area (Å²) in [5.41, 5.74) is -1.05. The monoisotopic (exact) mass is 254 g/mol. The number of ether oxygens (including phenoxy) is 2. The summed E-state index contributed by atoms with van der Waals surface area (Å²) in [5.74, 6) is 0. The molecule has 3 N–H and O–H groups in total. The van der Waals surface area contributed by atoms with Crippen molar-refractivity contribution in [1.29, 1.82) is 0 Å². The average molecular weight is 254 g/mol. The standard InChI is InChI=1S/C8H15O7P/c1-5-6-7(15-16(10,11)12)8(4-9,14-5)2-3-13-6/h5-7,9H,2-4H2,1H3,(H2,10,11,12)/t5-,6+,7?,8-/m0/s1. The third kappa shape index (κ3) is 2.04. The minimum Gasteiger partial charge on any atom is -0.393 e. The van der Waals surface area contributed by atoms with Gasteiger partial charge in [0.2, 0.25) is 0 Å². The lowest BCUT2D eigenvalue weighted by Crippen LogP contribution is -2.52. The van der Waals surface area contributed by atoms with E-state index < -0.39 is 25.6 Å². The maximum atomic E-state index is 10.9. The van der Waals surface area contributed by atoms with E-state index >= 15 is 0 Å². The van der Waals surface area contributed by atoms with Gasteiger partial charge in [-0.15, -0.1) is 0 Å². The normalized spacial score (nSPS) is 43.6. The molecule has 2 fully saturated rings. The summed E-state index contributed by atoms with van der Waals surface area (Å²) in [4.78, 5) is 17.7. The molecular weight excluding hydrogens is 239 g/mol. The number of hydrogen-bond acceptors (Lipinski definition) is 5. The fraction of sp³-hybridized carbons (Fsp3) is 1.00. The first-order chi connectivity index (χ1) is 7.38. The molecule has 2 saturated heterocycles. The predicted molar refractivity (Wildman–Crippen MR) is 51.6 cm³/mol. The Hall–Kier alpha value is -0.0100. The van der Waals surface area contributed by atoms with Gasteiger partial charge >= 0.3 is 7.82 Å². The summed E-state index contributed by atoms with van der Waals surface area (Å²) in [6.45, 7) is 1.77. The van der Waals surface area contributed by atoms with E-state index in [0.29, 0.717) is 13.0 Å². The number of phosphoric ester groups is 1. The van der Waals surface area contributed by atoms with Crippen LogP contribution in [0, 0.1) is 0 Å². The maximum Gasteiger partial charge on any atom is 0.470 e. The SMILES string of the molecule is C[C@@H]1O[C@]2(CO)CCO[C@H]1C2OP(=O)(O)O. The van der Waals surface area contributed by atoms with E-state index in [4.69, 9.17) is 19.3 Å². The second kappa shape index (κ2) is 4.03. The molecule has 2 heterocycles. The lowest BCUT2D eigenvalue weighted by molar-refractivity contribution is -0.135. The van der Waals surface area contributed by atoms with Crippen molar-refractivity contribution >= 4 is 7.82 Å². The van der Waals surface area contributed by atoms with E-state index in [1.54, 1.807) is 6.92 Å². The van der Waals surface area contributed by atoms with E-state index in [9.17, 15) is 9.67 Å². The molecule has 0 saturated carbocycles. The Morgan fingerprint density at radius 1 is 1.56 bits per heavy atom. The van der Waals surface area contributed by atoms with Crippen LogP contribution in [0.1, 0.15) is 13.3 Å². The van der Waals surface area contributed by atoms with Crippen molar-refractivity contribution in [1.82, 2.24) is 0 Å². The molecule has 94 valence electrons. The van der Waals surface area contributed by atoms with Crippen molar-refractivity contribution in [2.75, 3.05) is 13.2 Å². The van der Waals surface area contributed by atoms with Crippen molar-refractivity contribution in [3.05, 3.63) is 0 Å². The highest BCUT2D eigenvalue weighted by Gasteiger charge is 2.59. The quantitative estimate of drug-likeness (QED) is 0.577. The van der Waals surface area contributed by atoms with Gasteiger partial charge in [-0.1, -0.05) is 0 Å². The van der Waals surface area contributed by atoms with Gasteiger partial charge < -0.3 is 24.4 Å². The first kappa shape index (κ1) is 12.4. The molecule has 0 aliphatic carbocycles. The fourth-order valence-corrected chi connectivity index (χ4v) is 2.96. The van der Waals surface area contributed by atoms with Gasteiger partial charge in [0.1, 0.15) is 17.8 Å². The zero-order chi connectivity index (χ0) is 12.0. The highest BCUT2D eigenvalue weighted by molar-refractivity contribution is 7.46. The third-order valence-electron chi connectivity index (χ3n) is 3.05. The first-order valence-electron chi connectivity index (χ1n) is 5.02. The molecule has 0 amide bonds. The highest BCUT2D eigenvalue weighted by atomic mass is 31.2. The van der Waals surface area contributed by atoms with Crippen LogP contribution in [-0.2, 0) is 18.6 Å². The van der Waals surface area contributed by atoms with Gasteiger partial charge in [-0.25, -0.2) is 4.57 Å². The number of rotatable bonds is 3. The van der Waals surface area contributed by atoms with Gasteiger partial charge in [0.25, 0.3) is 0 Å². The zero-order valence-corrected chi connectivity index (χ0v) is 9.67. The summed E-state index contributed by atoms with van der Waals surface area (Å²) in [6.07, 6.45) is -1.48.